The quantitative estimate of drug-likeness (QED) is 0.888. The molecule has 4 heteroatoms. The van der Waals surface area contributed by atoms with Gasteiger partial charge in [-0.05, 0) is 18.6 Å². The predicted octanol–water partition coefficient (Wildman–Crippen LogP) is 2.63. The van der Waals surface area contributed by atoms with Gasteiger partial charge in [-0.25, -0.2) is 0 Å². The summed E-state index contributed by atoms with van der Waals surface area (Å²) in [6.07, 6.45) is 0. The third kappa shape index (κ3) is 4.04. The Labute approximate surface area is 114 Å². The van der Waals surface area contributed by atoms with E-state index in [1.807, 2.05) is 11.8 Å². The second-order valence-corrected chi connectivity index (χ2v) is 6.47. The fraction of sp³-hybridized carbons (Fsp3) is 0.714. The Morgan fingerprint density at radius 2 is 2.11 bits per heavy atom. The molecule has 0 bridgehead atoms. The first-order valence-electron chi connectivity index (χ1n) is 6.77. The summed E-state index contributed by atoms with van der Waals surface area (Å²) in [4.78, 5) is 2.48. The third-order valence-corrected chi connectivity index (χ3v) is 4.17. The Hall–Kier alpha value is -0.450. The van der Waals surface area contributed by atoms with Gasteiger partial charge in [-0.15, -0.1) is 0 Å². The minimum absolute atomic E-state index is 0.497. The first-order valence-corrected chi connectivity index (χ1v) is 7.92. The summed E-state index contributed by atoms with van der Waals surface area (Å²) < 4.78 is 5.96. The molecule has 0 amide bonds. The normalized spacial score (nSPS) is 17.6. The number of nitrogens with zero attached hydrogens (tertiary/aromatic N) is 1. The molecule has 1 aliphatic heterocycles. The first kappa shape index (κ1) is 14.0. The zero-order chi connectivity index (χ0) is 13.0. The summed E-state index contributed by atoms with van der Waals surface area (Å²) in [5.74, 6) is 4.70. The van der Waals surface area contributed by atoms with Crippen molar-refractivity contribution in [1.82, 2.24) is 10.2 Å². The van der Waals surface area contributed by atoms with Crippen molar-refractivity contribution in [1.29, 1.82) is 0 Å². The Morgan fingerprint density at radius 1 is 1.39 bits per heavy atom. The minimum atomic E-state index is 0.497. The van der Waals surface area contributed by atoms with Gasteiger partial charge < -0.3 is 9.73 Å². The van der Waals surface area contributed by atoms with Crippen molar-refractivity contribution in [3.05, 3.63) is 23.2 Å². The van der Waals surface area contributed by atoms with Crippen LogP contribution in [0.15, 0.2) is 10.5 Å². The molecule has 0 saturated carbocycles. The maximum absolute atomic E-state index is 5.96. The average molecular weight is 268 g/mol. The smallest absolute Gasteiger partial charge is 0.120 e. The fourth-order valence-electron chi connectivity index (χ4n) is 2.12. The van der Waals surface area contributed by atoms with E-state index in [4.69, 9.17) is 4.42 Å². The lowest BCUT2D eigenvalue weighted by molar-refractivity contribution is 0.263. The van der Waals surface area contributed by atoms with E-state index in [0.717, 1.165) is 24.6 Å². The number of thioether (sulfide) groups is 1. The van der Waals surface area contributed by atoms with Gasteiger partial charge in [-0.3, -0.25) is 4.90 Å². The molecule has 0 unspecified atom stereocenters. The molecule has 2 rings (SSSR count). The Kier molecular flexibility index (Phi) is 5.15. The molecule has 0 atom stereocenters. The number of hydrogen-bond acceptors (Lipinski definition) is 4. The standard InChI is InChI=1S/C14H24N2OS/c1-11(2)15-9-14-12(3)8-13(17-14)10-16-4-6-18-7-5-16/h8,11,15H,4-7,9-10H2,1-3H3. The minimum Gasteiger partial charge on any atom is -0.463 e. The van der Waals surface area contributed by atoms with Crippen LogP contribution in [-0.4, -0.2) is 35.5 Å². The van der Waals surface area contributed by atoms with Crippen LogP contribution in [0.5, 0.6) is 0 Å². The van der Waals surface area contributed by atoms with Gasteiger partial charge in [0.25, 0.3) is 0 Å². The topological polar surface area (TPSA) is 28.4 Å². The highest BCUT2D eigenvalue weighted by atomic mass is 32.2. The van der Waals surface area contributed by atoms with Crippen molar-refractivity contribution in [3.63, 3.8) is 0 Å². The van der Waals surface area contributed by atoms with Crippen LogP contribution in [0.2, 0.25) is 0 Å². The number of aryl methyl sites for hydroxylation is 1. The van der Waals surface area contributed by atoms with Crippen LogP contribution in [0.4, 0.5) is 0 Å². The summed E-state index contributed by atoms with van der Waals surface area (Å²) in [5.41, 5.74) is 1.27. The zero-order valence-electron chi connectivity index (χ0n) is 11.7. The highest BCUT2D eigenvalue weighted by Gasteiger charge is 2.14. The van der Waals surface area contributed by atoms with Crippen LogP contribution in [0.25, 0.3) is 0 Å². The van der Waals surface area contributed by atoms with E-state index in [1.54, 1.807) is 0 Å². The summed E-state index contributed by atoms with van der Waals surface area (Å²) in [6.45, 7) is 10.6. The van der Waals surface area contributed by atoms with E-state index in [-0.39, 0.29) is 0 Å². The number of furan rings is 1. The molecule has 1 saturated heterocycles. The molecule has 0 radical (unpaired) electrons. The van der Waals surface area contributed by atoms with E-state index in [1.165, 1.54) is 30.2 Å². The largest absolute Gasteiger partial charge is 0.463 e. The molecule has 18 heavy (non-hydrogen) atoms. The molecular formula is C14H24N2OS. The summed E-state index contributed by atoms with van der Waals surface area (Å²) in [6, 6.07) is 2.69. The van der Waals surface area contributed by atoms with Crippen molar-refractivity contribution in [3.8, 4) is 0 Å². The monoisotopic (exact) mass is 268 g/mol. The summed E-state index contributed by atoms with van der Waals surface area (Å²) >= 11 is 2.05. The molecule has 1 aromatic heterocycles. The maximum atomic E-state index is 5.96. The van der Waals surface area contributed by atoms with Crippen LogP contribution in [-0.2, 0) is 13.1 Å². The summed E-state index contributed by atoms with van der Waals surface area (Å²) in [7, 11) is 0. The van der Waals surface area contributed by atoms with Crippen molar-refractivity contribution in [2.45, 2.75) is 39.9 Å². The molecule has 0 spiro atoms. The molecule has 1 N–H and O–H groups in total. The second-order valence-electron chi connectivity index (χ2n) is 5.24. The van der Waals surface area contributed by atoms with Gasteiger partial charge in [-0.1, -0.05) is 13.8 Å². The van der Waals surface area contributed by atoms with E-state index in [2.05, 4.69) is 37.1 Å². The molecule has 0 aliphatic carbocycles. The highest BCUT2D eigenvalue weighted by molar-refractivity contribution is 7.99. The highest BCUT2D eigenvalue weighted by Crippen LogP contribution is 2.18. The van der Waals surface area contributed by atoms with Crippen molar-refractivity contribution >= 4 is 11.8 Å². The Balaban J connectivity index is 1.90. The summed E-state index contributed by atoms with van der Waals surface area (Å²) in [5, 5.41) is 3.41. The lowest BCUT2D eigenvalue weighted by Crippen LogP contribution is -2.31. The molecule has 1 aliphatic rings. The van der Waals surface area contributed by atoms with Gasteiger partial charge in [0.15, 0.2) is 0 Å². The van der Waals surface area contributed by atoms with E-state index in [0.29, 0.717) is 6.04 Å². The van der Waals surface area contributed by atoms with Crippen molar-refractivity contribution < 1.29 is 4.42 Å². The fourth-order valence-corrected chi connectivity index (χ4v) is 3.10. The molecule has 3 nitrogen and oxygen atoms in total. The van der Waals surface area contributed by atoms with Gasteiger partial charge in [-0.2, -0.15) is 11.8 Å². The maximum Gasteiger partial charge on any atom is 0.120 e. The average Bonchev–Trinajstić information content (AvgIpc) is 2.68. The van der Waals surface area contributed by atoms with Gasteiger partial charge >= 0.3 is 0 Å². The zero-order valence-corrected chi connectivity index (χ0v) is 12.5. The van der Waals surface area contributed by atoms with Crippen molar-refractivity contribution in [2.24, 2.45) is 0 Å². The van der Waals surface area contributed by atoms with Crippen LogP contribution in [0.3, 0.4) is 0 Å². The first-order chi connectivity index (χ1) is 8.65. The number of hydrogen-bond donors (Lipinski definition) is 1. The third-order valence-electron chi connectivity index (χ3n) is 3.23. The lowest BCUT2D eigenvalue weighted by Gasteiger charge is -2.24. The molecule has 2 heterocycles. The van der Waals surface area contributed by atoms with E-state index in [9.17, 15) is 0 Å². The van der Waals surface area contributed by atoms with Crippen LogP contribution >= 0.6 is 11.8 Å². The van der Waals surface area contributed by atoms with Crippen LogP contribution in [0, 0.1) is 6.92 Å². The SMILES string of the molecule is Cc1cc(CN2CCSCC2)oc1CNC(C)C. The van der Waals surface area contributed by atoms with E-state index < -0.39 is 0 Å². The van der Waals surface area contributed by atoms with Gasteiger partial charge in [0, 0.05) is 30.6 Å². The van der Waals surface area contributed by atoms with Crippen molar-refractivity contribution in [2.75, 3.05) is 24.6 Å². The number of nitrogens with one attached hydrogen (secondary N) is 1. The van der Waals surface area contributed by atoms with E-state index >= 15 is 0 Å². The molecule has 102 valence electrons. The Morgan fingerprint density at radius 3 is 2.78 bits per heavy atom. The molecule has 1 fully saturated rings. The van der Waals surface area contributed by atoms with Crippen LogP contribution < -0.4 is 5.32 Å². The van der Waals surface area contributed by atoms with Gasteiger partial charge in [0.1, 0.15) is 11.5 Å². The second kappa shape index (κ2) is 6.64. The number of rotatable bonds is 5. The molecular weight excluding hydrogens is 244 g/mol. The van der Waals surface area contributed by atoms with Gasteiger partial charge in [0.05, 0.1) is 13.1 Å². The predicted molar refractivity (Wildman–Crippen MR) is 78.0 cm³/mol. The Bertz CT molecular complexity index is 370. The lowest BCUT2D eigenvalue weighted by atomic mass is 10.2. The van der Waals surface area contributed by atoms with Crippen LogP contribution in [0.1, 0.15) is 30.9 Å². The molecule has 1 aromatic rings. The molecule has 0 aromatic carbocycles. The van der Waals surface area contributed by atoms with Gasteiger partial charge in [0.2, 0.25) is 0 Å².